The maximum absolute atomic E-state index is 12.8. The lowest BCUT2D eigenvalue weighted by molar-refractivity contribution is -0.126. The Kier molecular flexibility index (Phi) is 4.18. The van der Waals surface area contributed by atoms with Crippen LogP contribution in [-0.2, 0) is 11.2 Å². The molecule has 1 aliphatic rings. The van der Waals surface area contributed by atoms with Crippen LogP contribution < -0.4 is 9.64 Å². The molecular weight excluding hydrogens is 302 g/mol. The number of aromatic hydroxyl groups is 1. The number of rotatable bonds is 3. The second-order valence-corrected chi connectivity index (χ2v) is 6.01. The fourth-order valence-electron chi connectivity index (χ4n) is 2.84. The van der Waals surface area contributed by atoms with Crippen molar-refractivity contribution in [3.05, 3.63) is 53.1 Å². The van der Waals surface area contributed by atoms with Gasteiger partial charge in [0.1, 0.15) is 11.5 Å². The fourth-order valence-corrected chi connectivity index (χ4v) is 2.84. The van der Waals surface area contributed by atoms with Gasteiger partial charge in [0, 0.05) is 12.5 Å². The van der Waals surface area contributed by atoms with Crippen LogP contribution in [0.5, 0.6) is 11.5 Å². The monoisotopic (exact) mass is 321 g/mol. The Hall–Kier alpha value is -2.93. The van der Waals surface area contributed by atoms with E-state index in [1.54, 1.807) is 6.07 Å². The Morgan fingerprint density at radius 3 is 2.71 bits per heavy atom. The second kappa shape index (κ2) is 6.29. The minimum absolute atomic E-state index is 0.0914. The summed E-state index contributed by atoms with van der Waals surface area (Å²) >= 11 is 0. The summed E-state index contributed by atoms with van der Waals surface area (Å²) in [4.78, 5) is 14.3. The van der Waals surface area contributed by atoms with Crippen molar-refractivity contribution in [3.63, 3.8) is 0 Å². The van der Waals surface area contributed by atoms with Gasteiger partial charge < -0.3 is 9.84 Å². The first kappa shape index (κ1) is 15.9. The van der Waals surface area contributed by atoms with Crippen molar-refractivity contribution in [1.82, 2.24) is 0 Å². The molecule has 0 spiro atoms. The number of nitrogens with zero attached hydrogens (tertiary/aromatic N) is 1. The zero-order valence-electron chi connectivity index (χ0n) is 13.7. The van der Waals surface area contributed by atoms with E-state index in [2.05, 4.69) is 18.9 Å². The van der Waals surface area contributed by atoms with Crippen molar-refractivity contribution in [2.45, 2.75) is 26.4 Å². The van der Waals surface area contributed by atoms with Gasteiger partial charge in [0.15, 0.2) is 6.10 Å². The molecule has 0 bridgehead atoms. The normalized spacial score (nSPS) is 16.3. The maximum atomic E-state index is 12.8. The summed E-state index contributed by atoms with van der Waals surface area (Å²) in [5, 5.41) is 9.69. The van der Waals surface area contributed by atoms with Crippen LogP contribution in [0.1, 0.15) is 16.7 Å². The number of terminal acetylenes is 1. The van der Waals surface area contributed by atoms with E-state index in [0.717, 1.165) is 5.56 Å². The molecular formula is C20H19NO3. The summed E-state index contributed by atoms with van der Waals surface area (Å²) in [6.45, 7) is 4.26. The van der Waals surface area contributed by atoms with Crippen molar-refractivity contribution >= 4 is 11.6 Å². The molecule has 4 heteroatoms. The lowest BCUT2D eigenvalue weighted by Crippen LogP contribution is -2.47. The van der Waals surface area contributed by atoms with Gasteiger partial charge in [-0.15, -0.1) is 6.42 Å². The number of amides is 1. The quantitative estimate of drug-likeness (QED) is 0.884. The summed E-state index contributed by atoms with van der Waals surface area (Å²) in [7, 11) is 0. The van der Waals surface area contributed by atoms with Gasteiger partial charge >= 0.3 is 0 Å². The van der Waals surface area contributed by atoms with E-state index in [-0.39, 0.29) is 18.2 Å². The molecule has 0 saturated heterocycles. The average Bonchev–Trinajstić information content (AvgIpc) is 2.55. The summed E-state index contributed by atoms with van der Waals surface area (Å²) in [5.41, 5.74) is 4.00. The molecule has 1 amide bonds. The Bertz CT molecular complexity index is 835. The molecule has 1 heterocycles. The van der Waals surface area contributed by atoms with Crippen molar-refractivity contribution in [1.29, 1.82) is 0 Å². The highest BCUT2D eigenvalue weighted by molar-refractivity contribution is 6.00. The van der Waals surface area contributed by atoms with Gasteiger partial charge in [0.2, 0.25) is 0 Å². The molecule has 1 N–H and O–H groups in total. The number of carbonyl (C=O) groups is 1. The molecule has 1 aliphatic heterocycles. The van der Waals surface area contributed by atoms with Crippen molar-refractivity contribution in [3.8, 4) is 23.8 Å². The van der Waals surface area contributed by atoms with Crippen LogP contribution in [0, 0.1) is 26.2 Å². The molecule has 2 aromatic rings. The van der Waals surface area contributed by atoms with Crippen molar-refractivity contribution in [2.75, 3.05) is 11.4 Å². The predicted molar refractivity (Wildman–Crippen MR) is 93.3 cm³/mol. The SMILES string of the molecule is C#CCN1C(=O)C(Cc2ccc(C)c(C)c2)Oc2cc(O)ccc21. The third kappa shape index (κ3) is 2.93. The smallest absolute Gasteiger partial charge is 0.269 e. The van der Waals surface area contributed by atoms with Crippen LogP contribution in [0.2, 0.25) is 0 Å². The zero-order chi connectivity index (χ0) is 17.3. The molecule has 1 unspecified atom stereocenters. The Labute approximate surface area is 141 Å². The van der Waals surface area contributed by atoms with Crippen LogP contribution in [0.25, 0.3) is 0 Å². The highest BCUT2D eigenvalue weighted by atomic mass is 16.5. The number of aryl methyl sites for hydroxylation is 2. The molecule has 4 nitrogen and oxygen atoms in total. The van der Waals surface area contributed by atoms with Gasteiger partial charge in [-0.3, -0.25) is 9.69 Å². The molecule has 24 heavy (non-hydrogen) atoms. The van der Waals surface area contributed by atoms with Crippen LogP contribution in [-0.4, -0.2) is 23.7 Å². The maximum Gasteiger partial charge on any atom is 0.269 e. The number of fused-ring (bicyclic) bond motifs is 1. The highest BCUT2D eigenvalue weighted by Gasteiger charge is 2.34. The number of anilines is 1. The number of hydrogen-bond donors (Lipinski definition) is 1. The standard InChI is InChI=1S/C20H19NO3/c1-4-9-21-17-8-7-16(22)12-18(17)24-19(20(21)23)11-15-6-5-13(2)14(3)10-15/h1,5-8,10,12,19,22H,9,11H2,2-3H3. The molecule has 3 rings (SSSR count). The van der Waals surface area contributed by atoms with E-state index >= 15 is 0 Å². The molecule has 0 aliphatic carbocycles. The number of ether oxygens (including phenoxy) is 1. The minimum atomic E-state index is -0.658. The number of carbonyl (C=O) groups excluding carboxylic acids is 1. The number of hydrogen-bond acceptors (Lipinski definition) is 3. The number of benzene rings is 2. The fraction of sp³-hybridized carbons (Fsp3) is 0.250. The first-order chi connectivity index (χ1) is 11.5. The van der Waals surface area contributed by atoms with E-state index in [9.17, 15) is 9.90 Å². The molecule has 0 saturated carbocycles. The topological polar surface area (TPSA) is 49.8 Å². The van der Waals surface area contributed by atoms with Gasteiger partial charge in [0.05, 0.1) is 12.2 Å². The molecule has 0 aromatic heterocycles. The number of phenolic OH excluding ortho intramolecular Hbond substituents is 1. The van der Waals surface area contributed by atoms with Crippen LogP contribution in [0.4, 0.5) is 5.69 Å². The van der Waals surface area contributed by atoms with Gasteiger partial charge in [-0.2, -0.15) is 0 Å². The van der Waals surface area contributed by atoms with Gasteiger partial charge in [-0.25, -0.2) is 0 Å². The van der Waals surface area contributed by atoms with E-state index < -0.39 is 6.10 Å². The predicted octanol–water partition coefficient (Wildman–Crippen LogP) is 2.98. The molecule has 1 atom stereocenters. The molecule has 122 valence electrons. The summed E-state index contributed by atoms with van der Waals surface area (Å²) in [5.74, 6) is 2.91. The van der Waals surface area contributed by atoms with Crippen LogP contribution in [0.3, 0.4) is 0 Å². The Balaban J connectivity index is 1.93. The van der Waals surface area contributed by atoms with E-state index in [4.69, 9.17) is 11.2 Å². The zero-order valence-corrected chi connectivity index (χ0v) is 13.7. The first-order valence-electron chi connectivity index (χ1n) is 7.80. The van der Waals surface area contributed by atoms with Crippen molar-refractivity contribution < 1.29 is 14.6 Å². The van der Waals surface area contributed by atoms with Gasteiger partial charge in [-0.1, -0.05) is 24.1 Å². The molecule has 0 radical (unpaired) electrons. The minimum Gasteiger partial charge on any atom is -0.508 e. The average molecular weight is 321 g/mol. The summed E-state index contributed by atoms with van der Waals surface area (Å²) < 4.78 is 5.86. The van der Waals surface area contributed by atoms with Crippen LogP contribution in [0.15, 0.2) is 36.4 Å². The third-order valence-electron chi connectivity index (χ3n) is 4.29. The molecule has 0 fully saturated rings. The lowest BCUT2D eigenvalue weighted by Gasteiger charge is -2.33. The second-order valence-electron chi connectivity index (χ2n) is 6.01. The lowest BCUT2D eigenvalue weighted by atomic mass is 10.0. The van der Waals surface area contributed by atoms with Gasteiger partial charge in [-0.05, 0) is 42.7 Å². The first-order valence-corrected chi connectivity index (χ1v) is 7.80. The summed E-state index contributed by atoms with van der Waals surface area (Å²) in [6, 6.07) is 10.8. The largest absolute Gasteiger partial charge is 0.508 e. The van der Waals surface area contributed by atoms with Gasteiger partial charge in [0.25, 0.3) is 5.91 Å². The summed E-state index contributed by atoms with van der Waals surface area (Å²) in [6.07, 6.45) is 5.21. The van der Waals surface area contributed by atoms with E-state index in [1.807, 2.05) is 19.1 Å². The van der Waals surface area contributed by atoms with Crippen molar-refractivity contribution in [2.24, 2.45) is 0 Å². The van der Waals surface area contributed by atoms with E-state index in [1.165, 1.54) is 28.2 Å². The Morgan fingerprint density at radius 1 is 1.21 bits per heavy atom. The Morgan fingerprint density at radius 2 is 2.00 bits per heavy atom. The molecule has 2 aromatic carbocycles. The highest BCUT2D eigenvalue weighted by Crippen LogP contribution is 2.37. The van der Waals surface area contributed by atoms with E-state index in [0.29, 0.717) is 17.9 Å². The third-order valence-corrected chi connectivity index (χ3v) is 4.29. The number of phenols is 1. The van der Waals surface area contributed by atoms with Crippen LogP contribution >= 0.6 is 0 Å².